The summed E-state index contributed by atoms with van der Waals surface area (Å²) in [4.78, 5) is 2.19. The summed E-state index contributed by atoms with van der Waals surface area (Å²) in [6.45, 7) is 6.94. The zero-order chi connectivity index (χ0) is 13.1. The first-order valence-electron chi connectivity index (χ1n) is 6.01. The second kappa shape index (κ2) is 9.73. The zero-order valence-electron chi connectivity index (χ0n) is 11.3. The number of rotatable bonds is 5. The van der Waals surface area contributed by atoms with E-state index in [4.69, 9.17) is 10.2 Å². The summed E-state index contributed by atoms with van der Waals surface area (Å²) in [5, 5.41) is 0. The summed E-state index contributed by atoms with van der Waals surface area (Å²) in [5.41, 5.74) is 5.24. The van der Waals surface area contributed by atoms with E-state index >= 15 is 0 Å². The number of furan rings is 1. The van der Waals surface area contributed by atoms with Gasteiger partial charge in [0.2, 0.25) is 0 Å². The highest BCUT2D eigenvalue weighted by Crippen LogP contribution is 2.07. The third-order valence-corrected chi connectivity index (χ3v) is 2.29. The maximum absolute atomic E-state index is 5.28. The van der Waals surface area contributed by atoms with E-state index in [0.717, 1.165) is 12.3 Å². The van der Waals surface area contributed by atoms with Crippen molar-refractivity contribution >= 4 is 0 Å². The molecule has 1 atom stereocenters. The van der Waals surface area contributed by atoms with Crippen molar-refractivity contribution in [1.29, 1.82) is 0 Å². The Morgan fingerprint density at radius 2 is 2.12 bits per heavy atom. The molecule has 3 nitrogen and oxygen atoms in total. The fraction of sp³-hybridized carbons (Fsp3) is 0.429. The first kappa shape index (κ1) is 15.5. The molecule has 0 aliphatic rings. The van der Waals surface area contributed by atoms with Crippen LogP contribution >= 0.6 is 0 Å². The van der Waals surface area contributed by atoms with E-state index < -0.39 is 0 Å². The Morgan fingerprint density at radius 1 is 1.41 bits per heavy atom. The van der Waals surface area contributed by atoms with E-state index in [1.807, 2.05) is 38.1 Å². The lowest BCUT2D eigenvalue weighted by Crippen LogP contribution is -2.26. The quantitative estimate of drug-likeness (QED) is 0.799. The molecule has 96 valence electrons. The molecule has 2 N–H and O–H groups in total. The Bertz CT molecular complexity index is 315. The molecule has 0 aliphatic carbocycles. The molecule has 1 heterocycles. The minimum atomic E-state index is 0.353. The molecule has 0 fully saturated rings. The summed E-state index contributed by atoms with van der Waals surface area (Å²) in [6, 6.07) is 4.24. The normalized spacial score (nSPS) is 13.0. The summed E-state index contributed by atoms with van der Waals surface area (Å²) >= 11 is 0. The van der Waals surface area contributed by atoms with Crippen LogP contribution in [0.5, 0.6) is 0 Å². The van der Waals surface area contributed by atoms with Crippen molar-refractivity contribution in [3.63, 3.8) is 0 Å². The van der Waals surface area contributed by atoms with Crippen molar-refractivity contribution in [3.05, 3.63) is 48.6 Å². The monoisotopic (exact) mass is 236 g/mol. The van der Waals surface area contributed by atoms with E-state index in [1.54, 1.807) is 6.26 Å². The van der Waals surface area contributed by atoms with Gasteiger partial charge in [0.25, 0.3) is 0 Å². The van der Waals surface area contributed by atoms with Crippen LogP contribution in [0.2, 0.25) is 0 Å². The average molecular weight is 236 g/mol. The van der Waals surface area contributed by atoms with E-state index in [0.29, 0.717) is 6.04 Å². The molecule has 1 rings (SSSR count). The number of hydrogen-bond donors (Lipinski definition) is 1. The van der Waals surface area contributed by atoms with Gasteiger partial charge in [-0.15, -0.1) is 0 Å². The van der Waals surface area contributed by atoms with Gasteiger partial charge in [0, 0.05) is 6.04 Å². The van der Waals surface area contributed by atoms with Crippen molar-refractivity contribution in [2.24, 2.45) is 5.73 Å². The number of nitrogens with two attached hydrogens (primary N) is 1. The molecular weight excluding hydrogens is 212 g/mol. The van der Waals surface area contributed by atoms with E-state index in [2.05, 4.69) is 24.9 Å². The predicted octanol–water partition coefficient (Wildman–Crippen LogP) is 3.15. The summed E-state index contributed by atoms with van der Waals surface area (Å²) in [5.74, 6) is 0.979. The maximum Gasteiger partial charge on any atom is 0.117 e. The van der Waals surface area contributed by atoms with E-state index in [9.17, 15) is 0 Å². The maximum atomic E-state index is 5.28. The van der Waals surface area contributed by atoms with Crippen LogP contribution in [0.1, 0.15) is 26.5 Å². The highest BCUT2D eigenvalue weighted by Gasteiger charge is 2.07. The summed E-state index contributed by atoms with van der Waals surface area (Å²) in [6.07, 6.45) is 9.07. The number of likely N-dealkylation sites (N-methyl/N-ethyl adjacent to an activating group) is 1. The number of allylic oxidation sites excluding steroid dienone is 2. The molecule has 0 amide bonds. The minimum Gasteiger partial charge on any atom is -0.468 e. The molecule has 0 spiro atoms. The highest BCUT2D eigenvalue weighted by molar-refractivity contribution is 5.05. The van der Waals surface area contributed by atoms with Crippen LogP contribution in [-0.4, -0.2) is 18.0 Å². The molecule has 3 heteroatoms. The number of nitrogens with zero attached hydrogens (tertiary/aromatic N) is 1. The van der Waals surface area contributed by atoms with E-state index in [1.165, 1.54) is 6.20 Å². The third kappa shape index (κ3) is 6.64. The largest absolute Gasteiger partial charge is 0.468 e. The van der Waals surface area contributed by atoms with Gasteiger partial charge in [-0.3, -0.25) is 4.90 Å². The fourth-order valence-electron chi connectivity index (χ4n) is 1.23. The van der Waals surface area contributed by atoms with Crippen LogP contribution < -0.4 is 5.73 Å². The Morgan fingerprint density at radius 3 is 2.65 bits per heavy atom. The first-order valence-corrected chi connectivity index (χ1v) is 6.01. The summed E-state index contributed by atoms with van der Waals surface area (Å²) in [7, 11) is 2.06. The van der Waals surface area contributed by atoms with Gasteiger partial charge in [0.15, 0.2) is 0 Å². The van der Waals surface area contributed by atoms with Crippen LogP contribution in [0.25, 0.3) is 0 Å². The van der Waals surface area contributed by atoms with Crippen LogP contribution in [-0.2, 0) is 6.54 Å². The minimum absolute atomic E-state index is 0.353. The van der Waals surface area contributed by atoms with Crippen LogP contribution in [0.15, 0.2) is 47.2 Å². The molecule has 0 saturated carbocycles. The summed E-state index contributed by atoms with van der Waals surface area (Å²) < 4.78 is 5.28. The van der Waals surface area contributed by atoms with Gasteiger partial charge in [0.1, 0.15) is 5.76 Å². The Balaban J connectivity index is 0.00000121. The molecule has 1 aromatic rings. The average Bonchev–Trinajstić information content (AvgIpc) is 2.84. The molecule has 0 radical (unpaired) electrons. The van der Waals surface area contributed by atoms with Gasteiger partial charge in [-0.05, 0) is 38.4 Å². The fourth-order valence-corrected chi connectivity index (χ4v) is 1.23. The molecule has 0 aliphatic heterocycles. The molecule has 0 bridgehead atoms. The Labute approximate surface area is 105 Å². The molecule has 0 aromatic carbocycles. The lowest BCUT2D eigenvalue weighted by atomic mass is 10.2. The van der Waals surface area contributed by atoms with Crippen LogP contribution in [0.4, 0.5) is 0 Å². The predicted molar refractivity (Wildman–Crippen MR) is 73.5 cm³/mol. The van der Waals surface area contributed by atoms with E-state index in [-0.39, 0.29) is 0 Å². The molecule has 1 aromatic heterocycles. The van der Waals surface area contributed by atoms with Gasteiger partial charge in [-0.2, -0.15) is 0 Å². The zero-order valence-corrected chi connectivity index (χ0v) is 11.3. The van der Waals surface area contributed by atoms with Crippen molar-refractivity contribution in [2.75, 3.05) is 7.05 Å². The highest BCUT2D eigenvalue weighted by atomic mass is 16.3. The first-order chi connectivity index (χ1) is 8.24. The second-order valence-corrected chi connectivity index (χ2v) is 3.50. The van der Waals surface area contributed by atoms with Crippen molar-refractivity contribution in [2.45, 2.75) is 33.4 Å². The van der Waals surface area contributed by atoms with Crippen molar-refractivity contribution < 1.29 is 4.42 Å². The van der Waals surface area contributed by atoms with Gasteiger partial charge >= 0.3 is 0 Å². The third-order valence-electron chi connectivity index (χ3n) is 2.29. The smallest absolute Gasteiger partial charge is 0.117 e. The molecule has 17 heavy (non-hydrogen) atoms. The Hall–Kier alpha value is -1.48. The SMILES string of the molecule is CC.CC(/C=C\C=C/N)N(C)Cc1ccco1. The van der Waals surface area contributed by atoms with Gasteiger partial charge in [-0.1, -0.05) is 26.0 Å². The lowest BCUT2D eigenvalue weighted by molar-refractivity contribution is 0.263. The second-order valence-electron chi connectivity index (χ2n) is 3.50. The molecule has 0 saturated heterocycles. The molecule has 1 unspecified atom stereocenters. The van der Waals surface area contributed by atoms with Crippen molar-refractivity contribution in [3.8, 4) is 0 Å². The standard InChI is InChI=1S/C12H18N2O.C2H6/c1-11(6-3-4-8-13)14(2)10-12-7-5-9-15-12;1-2/h3-9,11H,10,13H2,1-2H3;1-2H3/b6-3-,8-4-;. The van der Waals surface area contributed by atoms with Crippen LogP contribution in [0, 0.1) is 0 Å². The van der Waals surface area contributed by atoms with Crippen LogP contribution in [0.3, 0.4) is 0 Å². The van der Waals surface area contributed by atoms with Gasteiger partial charge < -0.3 is 10.2 Å². The van der Waals surface area contributed by atoms with Gasteiger partial charge in [0.05, 0.1) is 12.8 Å². The number of hydrogen-bond acceptors (Lipinski definition) is 3. The van der Waals surface area contributed by atoms with Gasteiger partial charge in [-0.25, -0.2) is 0 Å². The molecular formula is C14H24N2O. The van der Waals surface area contributed by atoms with Crippen molar-refractivity contribution in [1.82, 2.24) is 4.90 Å². The Kier molecular flexibility index (Phi) is 8.88. The topological polar surface area (TPSA) is 42.4 Å². The lowest BCUT2D eigenvalue weighted by Gasteiger charge is -2.20.